The molecule has 3 rings (SSSR count). The van der Waals surface area contributed by atoms with Crippen LogP contribution in [-0.2, 0) is 14.3 Å². The predicted molar refractivity (Wildman–Crippen MR) is 126 cm³/mol. The third kappa shape index (κ3) is 5.60. The summed E-state index contributed by atoms with van der Waals surface area (Å²) in [6.45, 7) is 9.18. The summed E-state index contributed by atoms with van der Waals surface area (Å²) in [4.78, 5) is 31.9. The molecule has 0 bridgehead atoms. The first-order valence-corrected chi connectivity index (χ1v) is 11.4. The Balaban J connectivity index is 1.99. The molecule has 1 aliphatic heterocycles. The Labute approximate surface area is 195 Å². The molecule has 1 aromatic carbocycles. The van der Waals surface area contributed by atoms with Crippen LogP contribution in [0, 0.1) is 6.92 Å². The average Bonchev–Trinajstić information content (AvgIpc) is 3.06. The Kier molecular flexibility index (Phi) is 8.22. The first-order valence-electron chi connectivity index (χ1n) is 11.4. The van der Waals surface area contributed by atoms with Crippen molar-refractivity contribution in [3.8, 4) is 5.75 Å². The van der Waals surface area contributed by atoms with Gasteiger partial charge in [0.25, 0.3) is 11.7 Å². The molecule has 0 radical (unpaired) electrons. The van der Waals surface area contributed by atoms with Crippen LogP contribution in [0.25, 0.3) is 5.76 Å². The SMILES string of the molecule is CCCOc1ccc(/C(O)=C2/C(=O)C(=O)N(CCCOC(C)C)C2c2ccccn2)cc1C. The molecule has 176 valence electrons. The normalized spacial score (nSPS) is 17.7. The molecule has 2 heterocycles. The molecule has 0 spiro atoms. The largest absolute Gasteiger partial charge is 0.507 e. The Hall–Kier alpha value is -3.19. The van der Waals surface area contributed by atoms with E-state index >= 15 is 0 Å². The number of Topliss-reactive ketones (excluding diaryl/α,β-unsaturated/α-hetero) is 1. The van der Waals surface area contributed by atoms with E-state index in [4.69, 9.17) is 9.47 Å². The number of rotatable bonds is 10. The minimum Gasteiger partial charge on any atom is -0.507 e. The van der Waals surface area contributed by atoms with Crippen molar-refractivity contribution in [1.82, 2.24) is 9.88 Å². The summed E-state index contributed by atoms with van der Waals surface area (Å²) in [6, 6.07) is 9.80. The van der Waals surface area contributed by atoms with Crippen LogP contribution in [-0.4, -0.2) is 52.5 Å². The van der Waals surface area contributed by atoms with Crippen LogP contribution in [0.2, 0.25) is 0 Å². The predicted octanol–water partition coefficient (Wildman–Crippen LogP) is 4.42. The van der Waals surface area contributed by atoms with Crippen molar-refractivity contribution in [2.45, 2.75) is 52.7 Å². The van der Waals surface area contributed by atoms with Crippen LogP contribution in [0.15, 0.2) is 48.2 Å². The third-order valence-electron chi connectivity index (χ3n) is 5.41. The van der Waals surface area contributed by atoms with Crippen molar-refractivity contribution in [3.05, 3.63) is 65.0 Å². The molecule has 1 aromatic heterocycles. The molecule has 1 atom stereocenters. The Bertz CT molecular complexity index is 1020. The fourth-order valence-electron chi connectivity index (χ4n) is 3.84. The first kappa shape index (κ1) is 24.5. The molecule has 7 heteroatoms. The summed E-state index contributed by atoms with van der Waals surface area (Å²) in [5, 5.41) is 11.2. The Morgan fingerprint density at radius 1 is 1.18 bits per heavy atom. The summed E-state index contributed by atoms with van der Waals surface area (Å²) in [6.07, 6.45) is 3.15. The molecule has 0 aliphatic carbocycles. The second-order valence-electron chi connectivity index (χ2n) is 8.35. The highest BCUT2D eigenvalue weighted by Gasteiger charge is 2.46. The number of aliphatic hydroxyl groups excluding tert-OH is 1. The highest BCUT2D eigenvalue weighted by Crippen LogP contribution is 2.39. The number of pyridine rings is 1. The van der Waals surface area contributed by atoms with E-state index < -0.39 is 17.7 Å². The van der Waals surface area contributed by atoms with Gasteiger partial charge in [0.2, 0.25) is 0 Å². The van der Waals surface area contributed by atoms with Gasteiger partial charge in [0, 0.05) is 24.9 Å². The number of carbonyl (C=O) groups is 2. The number of benzene rings is 1. The first-order chi connectivity index (χ1) is 15.8. The molecule has 1 saturated heterocycles. The topological polar surface area (TPSA) is 89.0 Å². The molecule has 7 nitrogen and oxygen atoms in total. The van der Waals surface area contributed by atoms with Crippen molar-refractivity contribution in [2.75, 3.05) is 19.8 Å². The maximum atomic E-state index is 13.1. The molecule has 1 N–H and O–H groups in total. The van der Waals surface area contributed by atoms with E-state index in [-0.39, 0.29) is 17.4 Å². The quantitative estimate of drug-likeness (QED) is 0.249. The van der Waals surface area contributed by atoms with Gasteiger partial charge in [-0.2, -0.15) is 0 Å². The van der Waals surface area contributed by atoms with Crippen LogP contribution in [0.5, 0.6) is 5.75 Å². The zero-order valence-electron chi connectivity index (χ0n) is 19.7. The maximum Gasteiger partial charge on any atom is 0.295 e. The van der Waals surface area contributed by atoms with Gasteiger partial charge in [-0.25, -0.2) is 0 Å². The minimum absolute atomic E-state index is 0.0464. The summed E-state index contributed by atoms with van der Waals surface area (Å²) >= 11 is 0. The molecule has 1 aliphatic rings. The van der Waals surface area contributed by atoms with Crippen molar-refractivity contribution in [1.29, 1.82) is 0 Å². The number of carbonyl (C=O) groups excluding carboxylic acids is 2. The van der Waals surface area contributed by atoms with Gasteiger partial charge in [0.1, 0.15) is 17.6 Å². The van der Waals surface area contributed by atoms with Crippen LogP contribution in [0.4, 0.5) is 0 Å². The molecule has 1 amide bonds. The van der Waals surface area contributed by atoms with Gasteiger partial charge in [-0.05, 0) is 69.5 Å². The summed E-state index contributed by atoms with van der Waals surface area (Å²) in [5.41, 5.74) is 1.87. The van der Waals surface area contributed by atoms with Gasteiger partial charge < -0.3 is 19.5 Å². The number of nitrogens with zero attached hydrogens (tertiary/aromatic N) is 2. The van der Waals surface area contributed by atoms with Crippen LogP contribution in [0.1, 0.15) is 56.5 Å². The average molecular weight is 453 g/mol. The molecule has 33 heavy (non-hydrogen) atoms. The van der Waals surface area contributed by atoms with E-state index in [1.165, 1.54) is 4.90 Å². The lowest BCUT2D eigenvalue weighted by Gasteiger charge is -2.24. The van der Waals surface area contributed by atoms with E-state index in [9.17, 15) is 14.7 Å². The lowest BCUT2D eigenvalue weighted by molar-refractivity contribution is -0.140. The van der Waals surface area contributed by atoms with Gasteiger partial charge in [0.05, 0.1) is 24.0 Å². The lowest BCUT2D eigenvalue weighted by atomic mass is 9.97. The van der Waals surface area contributed by atoms with Crippen LogP contribution >= 0.6 is 0 Å². The lowest BCUT2D eigenvalue weighted by Crippen LogP contribution is -2.31. The number of aryl methyl sites for hydroxylation is 1. The molecule has 1 unspecified atom stereocenters. The van der Waals surface area contributed by atoms with E-state index in [0.717, 1.165) is 17.7 Å². The van der Waals surface area contributed by atoms with Gasteiger partial charge in [-0.1, -0.05) is 13.0 Å². The standard InChI is InChI=1S/C26H32N2O5/c1-5-14-33-21-11-10-19(16-18(21)4)24(29)22-23(20-9-6-7-12-27-20)28(26(31)25(22)30)13-8-15-32-17(2)3/h6-7,9-12,16-17,23,29H,5,8,13-15H2,1-4H3/b24-22-. The summed E-state index contributed by atoms with van der Waals surface area (Å²) in [5.74, 6) is -0.844. The number of ether oxygens (including phenoxy) is 2. The van der Waals surface area contributed by atoms with E-state index in [1.807, 2.05) is 27.7 Å². The number of aromatic nitrogens is 1. The fourth-order valence-corrected chi connectivity index (χ4v) is 3.84. The fraction of sp³-hybridized carbons (Fsp3) is 0.423. The monoisotopic (exact) mass is 452 g/mol. The molecule has 0 saturated carbocycles. The highest BCUT2D eigenvalue weighted by molar-refractivity contribution is 6.46. The van der Waals surface area contributed by atoms with Crippen LogP contribution in [0.3, 0.4) is 0 Å². The summed E-state index contributed by atoms with van der Waals surface area (Å²) < 4.78 is 11.3. The molecular weight excluding hydrogens is 420 g/mol. The van der Waals surface area contributed by atoms with E-state index in [1.54, 1.807) is 42.6 Å². The zero-order valence-corrected chi connectivity index (χ0v) is 19.7. The van der Waals surface area contributed by atoms with Crippen molar-refractivity contribution in [2.24, 2.45) is 0 Å². The second-order valence-corrected chi connectivity index (χ2v) is 8.35. The van der Waals surface area contributed by atoms with Gasteiger partial charge >= 0.3 is 0 Å². The number of aliphatic hydroxyl groups is 1. The Morgan fingerprint density at radius 2 is 1.97 bits per heavy atom. The number of ketones is 1. The molecule has 2 aromatic rings. The van der Waals surface area contributed by atoms with Gasteiger partial charge in [-0.15, -0.1) is 0 Å². The maximum absolute atomic E-state index is 13.1. The second kappa shape index (κ2) is 11.1. The van der Waals surface area contributed by atoms with Crippen LogP contribution < -0.4 is 4.74 Å². The molecular formula is C26H32N2O5. The van der Waals surface area contributed by atoms with Crippen molar-refractivity contribution < 1.29 is 24.2 Å². The minimum atomic E-state index is -0.762. The number of amides is 1. The number of likely N-dealkylation sites (tertiary alicyclic amines) is 1. The number of hydrogen-bond acceptors (Lipinski definition) is 6. The Morgan fingerprint density at radius 3 is 2.61 bits per heavy atom. The zero-order chi connectivity index (χ0) is 24.0. The highest BCUT2D eigenvalue weighted by atomic mass is 16.5. The smallest absolute Gasteiger partial charge is 0.295 e. The number of hydrogen-bond donors (Lipinski definition) is 1. The molecule has 1 fully saturated rings. The van der Waals surface area contributed by atoms with Crippen molar-refractivity contribution in [3.63, 3.8) is 0 Å². The third-order valence-corrected chi connectivity index (χ3v) is 5.41. The van der Waals surface area contributed by atoms with Gasteiger partial charge in [-0.3, -0.25) is 14.6 Å². The van der Waals surface area contributed by atoms with E-state index in [0.29, 0.717) is 37.4 Å². The summed E-state index contributed by atoms with van der Waals surface area (Å²) in [7, 11) is 0. The van der Waals surface area contributed by atoms with Gasteiger partial charge in [0.15, 0.2) is 0 Å². The van der Waals surface area contributed by atoms with E-state index in [2.05, 4.69) is 4.98 Å². The van der Waals surface area contributed by atoms with Crippen molar-refractivity contribution >= 4 is 17.4 Å².